The third-order valence-electron chi connectivity index (χ3n) is 2.96. The summed E-state index contributed by atoms with van der Waals surface area (Å²) in [5, 5.41) is 6.90. The standard InChI is InChI=1S/C17H16ClN3O3/c1-24-15-8-3-2-5-12(15)11-19-21-17(23)10-16(22)20-14-7-4-6-13(18)9-14/h2-9,11H,10H2,1H3,(H,20,22)(H,21,23)/b19-11+. The van der Waals surface area contributed by atoms with Gasteiger partial charge in [0.15, 0.2) is 0 Å². The maximum absolute atomic E-state index is 11.8. The van der Waals surface area contributed by atoms with Gasteiger partial charge in [0, 0.05) is 16.3 Å². The van der Waals surface area contributed by atoms with E-state index < -0.39 is 11.8 Å². The highest BCUT2D eigenvalue weighted by atomic mass is 35.5. The molecule has 124 valence electrons. The van der Waals surface area contributed by atoms with Crippen molar-refractivity contribution in [2.24, 2.45) is 5.10 Å². The van der Waals surface area contributed by atoms with Crippen molar-refractivity contribution in [3.63, 3.8) is 0 Å². The van der Waals surface area contributed by atoms with E-state index in [0.29, 0.717) is 22.0 Å². The van der Waals surface area contributed by atoms with Crippen molar-refractivity contribution in [3.8, 4) is 5.75 Å². The molecular weight excluding hydrogens is 330 g/mol. The van der Waals surface area contributed by atoms with Crippen LogP contribution in [0.25, 0.3) is 0 Å². The Balaban J connectivity index is 1.84. The zero-order valence-electron chi connectivity index (χ0n) is 13.0. The van der Waals surface area contributed by atoms with Gasteiger partial charge in [0.05, 0.1) is 13.3 Å². The number of methoxy groups -OCH3 is 1. The third kappa shape index (κ3) is 5.40. The number of benzene rings is 2. The number of hydrogen-bond donors (Lipinski definition) is 2. The number of amides is 2. The van der Waals surface area contributed by atoms with Crippen LogP contribution in [0.4, 0.5) is 5.69 Å². The lowest BCUT2D eigenvalue weighted by Gasteiger charge is -2.05. The Morgan fingerprint density at radius 1 is 1.17 bits per heavy atom. The molecule has 0 heterocycles. The fourth-order valence-electron chi connectivity index (χ4n) is 1.90. The molecule has 0 unspecified atom stereocenters. The Hall–Kier alpha value is -2.86. The molecule has 0 spiro atoms. The predicted octanol–water partition coefficient (Wildman–Crippen LogP) is 2.83. The molecule has 7 heteroatoms. The van der Waals surface area contributed by atoms with Crippen LogP contribution in [0.5, 0.6) is 5.75 Å². The number of hydrogen-bond acceptors (Lipinski definition) is 4. The molecule has 0 radical (unpaired) electrons. The molecule has 0 saturated carbocycles. The molecule has 6 nitrogen and oxygen atoms in total. The molecule has 0 atom stereocenters. The summed E-state index contributed by atoms with van der Waals surface area (Å²) in [7, 11) is 1.55. The molecule has 0 saturated heterocycles. The Morgan fingerprint density at radius 2 is 1.96 bits per heavy atom. The van der Waals surface area contributed by atoms with E-state index in [9.17, 15) is 9.59 Å². The van der Waals surface area contributed by atoms with Crippen LogP contribution in [0.2, 0.25) is 5.02 Å². The second-order valence-electron chi connectivity index (χ2n) is 4.77. The highest BCUT2D eigenvalue weighted by Gasteiger charge is 2.09. The summed E-state index contributed by atoms with van der Waals surface area (Å²) in [5.41, 5.74) is 3.54. The molecule has 0 aliphatic heterocycles. The lowest BCUT2D eigenvalue weighted by Crippen LogP contribution is -2.24. The van der Waals surface area contributed by atoms with Crippen LogP contribution in [-0.2, 0) is 9.59 Å². The number of nitrogens with zero attached hydrogens (tertiary/aromatic N) is 1. The highest BCUT2D eigenvalue weighted by Crippen LogP contribution is 2.15. The minimum Gasteiger partial charge on any atom is -0.496 e. The predicted molar refractivity (Wildman–Crippen MR) is 93.4 cm³/mol. The molecule has 24 heavy (non-hydrogen) atoms. The van der Waals surface area contributed by atoms with Gasteiger partial charge in [-0.1, -0.05) is 29.8 Å². The lowest BCUT2D eigenvalue weighted by molar-refractivity contribution is -0.126. The number of anilines is 1. The zero-order chi connectivity index (χ0) is 17.4. The molecule has 0 aromatic heterocycles. The van der Waals surface area contributed by atoms with Crippen LogP contribution < -0.4 is 15.5 Å². The SMILES string of the molecule is COc1ccccc1/C=N/NC(=O)CC(=O)Nc1cccc(Cl)c1. The maximum atomic E-state index is 11.8. The van der Waals surface area contributed by atoms with E-state index in [1.807, 2.05) is 12.1 Å². The first-order chi connectivity index (χ1) is 11.6. The minimum atomic E-state index is -0.527. The summed E-state index contributed by atoms with van der Waals surface area (Å²) in [5.74, 6) is -0.350. The number of nitrogens with one attached hydrogen (secondary N) is 2. The Morgan fingerprint density at radius 3 is 2.71 bits per heavy atom. The van der Waals surface area contributed by atoms with Gasteiger partial charge in [-0.05, 0) is 30.3 Å². The third-order valence-corrected chi connectivity index (χ3v) is 3.20. The number of hydrazone groups is 1. The summed E-state index contributed by atoms with van der Waals surface area (Å²) in [6, 6.07) is 13.9. The van der Waals surface area contributed by atoms with Crippen LogP contribution in [-0.4, -0.2) is 25.1 Å². The summed E-state index contributed by atoms with van der Waals surface area (Å²) in [4.78, 5) is 23.5. The first-order valence-corrected chi connectivity index (χ1v) is 7.46. The number of rotatable bonds is 6. The number of halogens is 1. The van der Waals surface area contributed by atoms with Crippen molar-refractivity contribution < 1.29 is 14.3 Å². The Labute approximate surface area is 144 Å². The highest BCUT2D eigenvalue weighted by molar-refractivity contribution is 6.30. The van der Waals surface area contributed by atoms with Crippen molar-refractivity contribution in [2.75, 3.05) is 12.4 Å². The van der Waals surface area contributed by atoms with Gasteiger partial charge in [-0.3, -0.25) is 9.59 Å². The number of carbonyl (C=O) groups is 2. The van der Waals surface area contributed by atoms with E-state index in [0.717, 1.165) is 0 Å². The topological polar surface area (TPSA) is 79.8 Å². The van der Waals surface area contributed by atoms with E-state index >= 15 is 0 Å². The second kappa shape index (κ2) is 8.69. The van der Waals surface area contributed by atoms with E-state index in [-0.39, 0.29) is 6.42 Å². The molecule has 2 N–H and O–H groups in total. The minimum absolute atomic E-state index is 0.351. The molecule has 0 fully saturated rings. The van der Waals surface area contributed by atoms with E-state index in [4.69, 9.17) is 16.3 Å². The van der Waals surface area contributed by atoms with Crippen molar-refractivity contribution in [2.45, 2.75) is 6.42 Å². The lowest BCUT2D eigenvalue weighted by atomic mass is 10.2. The van der Waals surface area contributed by atoms with Gasteiger partial charge in [0.1, 0.15) is 12.2 Å². The van der Waals surface area contributed by atoms with E-state index in [1.165, 1.54) is 6.21 Å². The van der Waals surface area contributed by atoms with Crippen LogP contribution in [0.1, 0.15) is 12.0 Å². The largest absolute Gasteiger partial charge is 0.496 e. The fraction of sp³-hybridized carbons (Fsp3) is 0.118. The molecule has 2 aromatic carbocycles. The van der Waals surface area contributed by atoms with Crippen molar-refractivity contribution in [1.29, 1.82) is 0 Å². The summed E-state index contributed by atoms with van der Waals surface area (Å²) in [6.45, 7) is 0. The number of ether oxygens (including phenoxy) is 1. The zero-order valence-corrected chi connectivity index (χ0v) is 13.7. The average molecular weight is 346 g/mol. The van der Waals surface area contributed by atoms with E-state index in [1.54, 1.807) is 43.5 Å². The summed E-state index contributed by atoms with van der Waals surface area (Å²) < 4.78 is 5.16. The van der Waals surface area contributed by atoms with E-state index in [2.05, 4.69) is 15.8 Å². The monoisotopic (exact) mass is 345 g/mol. The van der Waals surface area contributed by atoms with Gasteiger partial charge in [-0.15, -0.1) is 0 Å². The van der Waals surface area contributed by atoms with Crippen molar-refractivity contribution in [1.82, 2.24) is 5.43 Å². The smallest absolute Gasteiger partial charge is 0.249 e. The molecule has 0 aliphatic rings. The Kier molecular flexibility index (Phi) is 6.33. The van der Waals surface area contributed by atoms with Gasteiger partial charge in [0.25, 0.3) is 0 Å². The van der Waals surface area contributed by atoms with Gasteiger partial charge in [-0.2, -0.15) is 5.10 Å². The molecule has 2 amide bonds. The number of para-hydroxylation sites is 1. The summed E-state index contributed by atoms with van der Waals surface area (Å²) in [6.07, 6.45) is 1.10. The molecular formula is C17H16ClN3O3. The van der Waals surface area contributed by atoms with Crippen LogP contribution in [0.15, 0.2) is 53.6 Å². The molecule has 0 bridgehead atoms. The fourth-order valence-corrected chi connectivity index (χ4v) is 2.09. The van der Waals surface area contributed by atoms with Gasteiger partial charge in [0.2, 0.25) is 11.8 Å². The van der Waals surface area contributed by atoms with Crippen LogP contribution in [0, 0.1) is 0 Å². The van der Waals surface area contributed by atoms with Gasteiger partial charge >= 0.3 is 0 Å². The van der Waals surface area contributed by atoms with Crippen LogP contribution >= 0.6 is 11.6 Å². The molecule has 2 rings (SSSR count). The summed E-state index contributed by atoms with van der Waals surface area (Å²) >= 11 is 5.83. The maximum Gasteiger partial charge on any atom is 0.249 e. The van der Waals surface area contributed by atoms with Crippen LogP contribution in [0.3, 0.4) is 0 Å². The first-order valence-electron chi connectivity index (χ1n) is 7.09. The quantitative estimate of drug-likeness (QED) is 0.480. The molecule has 2 aromatic rings. The number of carbonyl (C=O) groups excluding carboxylic acids is 2. The normalized spacial score (nSPS) is 10.4. The van der Waals surface area contributed by atoms with Crippen molar-refractivity contribution in [3.05, 3.63) is 59.1 Å². The van der Waals surface area contributed by atoms with Crippen molar-refractivity contribution >= 4 is 35.3 Å². The second-order valence-corrected chi connectivity index (χ2v) is 5.21. The molecule has 0 aliphatic carbocycles. The Bertz CT molecular complexity index is 762. The first kappa shape index (κ1) is 17.5. The van der Waals surface area contributed by atoms with Gasteiger partial charge < -0.3 is 10.1 Å². The average Bonchev–Trinajstić information content (AvgIpc) is 2.55. The van der Waals surface area contributed by atoms with Gasteiger partial charge in [-0.25, -0.2) is 5.43 Å².